The van der Waals surface area contributed by atoms with Gasteiger partial charge in [-0.05, 0) is 24.8 Å². The third kappa shape index (κ3) is 3.43. The zero-order valence-corrected chi connectivity index (χ0v) is 11.0. The molecule has 1 aromatic heterocycles. The lowest BCUT2D eigenvalue weighted by molar-refractivity contribution is 0.357. The maximum absolute atomic E-state index is 12.0. The minimum Gasteiger partial charge on any atom is -0.328 e. The molecule has 0 aliphatic heterocycles. The first-order valence-electron chi connectivity index (χ1n) is 6.26. The second-order valence-corrected chi connectivity index (χ2v) is 6.51. The number of nitrogens with one attached hydrogen (secondary N) is 2. The van der Waals surface area contributed by atoms with Crippen LogP contribution >= 0.6 is 0 Å². The monoisotopic (exact) mass is 270 g/mol. The van der Waals surface area contributed by atoms with Crippen LogP contribution < -0.4 is 10.3 Å². The van der Waals surface area contributed by atoms with E-state index in [1.165, 1.54) is 37.6 Å². The van der Waals surface area contributed by atoms with E-state index < -0.39 is 10.0 Å². The van der Waals surface area contributed by atoms with Crippen molar-refractivity contribution in [2.45, 2.75) is 37.0 Å². The molecule has 0 spiro atoms. The first kappa shape index (κ1) is 13.3. The Hall–Kier alpha value is -1.14. The van der Waals surface area contributed by atoms with Gasteiger partial charge in [0.25, 0.3) is 0 Å². The van der Waals surface area contributed by atoms with E-state index in [-0.39, 0.29) is 10.5 Å². The predicted molar refractivity (Wildman–Crippen MR) is 68.8 cm³/mol. The van der Waals surface area contributed by atoms with Crippen molar-refractivity contribution in [2.75, 3.05) is 6.54 Å². The fraction of sp³-hybridized carbons (Fsp3) is 0.583. The number of H-pyrrole nitrogens is 1. The van der Waals surface area contributed by atoms with Crippen molar-refractivity contribution in [1.82, 2.24) is 9.71 Å². The molecule has 2 N–H and O–H groups in total. The summed E-state index contributed by atoms with van der Waals surface area (Å²) in [6.07, 6.45) is 7.03. The van der Waals surface area contributed by atoms with Gasteiger partial charge in [-0.1, -0.05) is 19.3 Å². The van der Waals surface area contributed by atoms with Crippen molar-refractivity contribution >= 4 is 10.0 Å². The molecule has 1 aliphatic carbocycles. The molecule has 100 valence electrons. The van der Waals surface area contributed by atoms with Crippen LogP contribution in [-0.2, 0) is 10.0 Å². The Morgan fingerprint density at radius 2 is 1.94 bits per heavy atom. The number of sulfonamides is 1. The van der Waals surface area contributed by atoms with E-state index in [0.29, 0.717) is 12.5 Å². The summed E-state index contributed by atoms with van der Waals surface area (Å²) in [5, 5.41) is 0. The molecule has 0 radical (unpaired) electrons. The zero-order chi connectivity index (χ0) is 13.0. The fourth-order valence-corrected chi connectivity index (χ4v) is 3.35. The van der Waals surface area contributed by atoms with Crippen LogP contribution in [0.25, 0.3) is 0 Å². The van der Waals surface area contributed by atoms with E-state index in [2.05, 4.69) is 9.71 Å². The van der Waals surface area contributed by atoms with Crippen LogP contribution in [0.2, 0.25) is 0 Å². The van der Waals surface area contributed by atoms with Crippen molar-refractivity contribution in [2.24, 2.45) is 5.92 Å². The quantitative estimate of drug-likeness (QED) is 0.863. The number of aromatic amines is 1. The van der Waals surface area contributed by atoms with Crippen LogP contribution in [0, 0.1) is 5.92 Å². The van der Waals surface area contributed by atoms with E-state index >= 15 is 0 Å². The summed E-state index contributed by atoms with van der Waals surface area (Å²) in [6, 6.07) is 2.54. The lowest BCUT2D eigenvalue weighted by Crippen LogP contribution is -2.30. The summed E-state index contributed by atoms with van der Waals surface area (Å²) < 4.78 is 26.5. The Balaban J connectivity index is 1.98. The molecule has 1 aromatic rings. The lowest BCUT2D eigenvalue weighted by Gasteiger charge is -2.21. The molecule has 0 bridgehead atoms. The molecule has 0 saturated heterocycles. The van der Waals surface area contributed by atoms with E-state index in [0.717, 1.165) is 12.8 Å². The van der Waals surface area contributed by atoms with Crippen molar-refractivity contribution in [3.63, 3.8) is 0 Å². The molecule has 5 nitrogen and oxygen atoms in total. The number of pyridine rings is 1. The van der Waals surface area contributed by atoms with Crippen LogP contribution in [-0.4, -0.2) is 19.9 Å². The van der Waals surface area contributed by atoms with Gasteiger partial charge in [0.2, 0.25) is 15.6 Å². The summed E-state index contributed by atoms with van der Waals surface area (Å²) in [5.41, 5.74) is -0.304. The number of rotatable bonds is 4. The molecule has 0 atom stereocenters. The molecular weight excluding hydrogens is 252 g/mol. The topological polar surface area (TPSA) is 79.0 Å². The Morgan fingerprint density at radius 3 is 2.56 bits per heavy atom. The Kier molecular flexibility index (Phi) is 4.19. The van der Waals surface area contributed by atoms with Gasteiger partial charge in [-0.15, -0.1) is 0 Å². The molecule has 0 aromatic carbocycles. The van der Waals surface area contributed by atoms with Crippen LogP contribution in [0.15, 0.2) is 28.0 Å². The third-order valence-corrected chi connectivity index (χ3v) is 4.77. The highest BCUT2D eigenvalue weighted by Crippen LogP contribution is 2.23. The SMILES string of the molecule is O=c1ccc(S(=O)(=O)NCC2CCCCC2)c[nH]1. The molecule has 6 heteroatoms. The summed E-state index contributed by atoms with van der Waals surface area (Å²) in [4.78, 5) is 13.4. The van der Waals surface area contributed by atoms with Gasteiger partial charge in [-0.3, -0.25) is 4.79 Å². The molecule has 1 heterocycles. The molecule has 0 amide bonds. The van der Waals surface area contributed by atoms with Gasteiger partial charge in [-0.2, -0.15) is 0 Å². The maximum atomic E-state index is 12.0. The largest absolute Gasteiger partial charge is 0.328 e. The van der Waals surface area contributed by atoms with E-state index in [1.54, 1.807) is 0 Å². The van der Waals surface area contributed by atoms with Crippen molar-refractivity contribution in [3.8, 4) is 0 Å². The Labute approximate surface area is 107 Å². The Morgan fingerprint density at radius 1 is 1.22 bits per heavy atom. The second-order valence-electron chi connectivity index (χ2n) is 4.74. The Bertz CT molecular complexity index is 524. The maximum Gasteiger partial charge on any atom is 0.247 e. The van der Waals surface area contributed by atoms with Gasteiger partial charge in [0.1, 0.15) is 0 Å². The van der Waals surface area contributed by atoms with Gasteiger partial charge in [0.05, 0.1) is 4.90 Å². The van der Waals surface area contributed by atoms with Gasteiger partial charge >= 0.3 is 0 Å². The van der Waals surface area contributed by atoms with E-state index in [9.17, 15) is 13.2 Å². The normalized spacial score (nSPS) is 17.8. The van der Waals surface area contributed by atoms with Crippen LogP contribution in [0.4, 0.5) is 0 Å². The van der Waals surface area contributed by atoms with Crippen molar-refractivity contribution in [1.29, 1.82) is 0 Å². The average Bonchev–Trinajstić information content (AvgIpc) is 2.38. The van der Waals surface area contributed by atoms with Crippen LogP contribution in [0.3, 0.4) is 0 Å². The summed E-state index contributed by atoms with van der Waals surface area (Å²) >= 11 is 0. The summed E-state index contributed by atoms with van der Waals surface area (Å²) in [5.74, 6) is 0.441. The number of hydrogen-bond donors (Lipinski definition) is 2. The van der Waals surface area contributed by atoms with Crippen LogP contribution in [0.5, 0.6) is 0 Å². The number of hydrogen-bond acceptors (Lipinski definition) is 3. The molecular formula is C12H18N2O3S. The highest BCUT2D eigenvalue weighted by molar-refractivity contribution is 7.89. The lowest BCUT2D eigenvalue weighted by atomic mass is 9.90. The molecule has 0 unspecified atom stereocenters. The number of aromatic nitrogens is 1. The minimum absolute atomic E-state index is 0.109. The second kappa shape index (κ2) is 5.67. The van der Waals surface area contributed by atoms with E-state index in [1.807, 2.05) is 0 Å². The van der Waals surface area contributed by atoms with Gasteiger partial charge in [-0.25, -0.2) is 13.1 Å². The van der Waals surface area contributed by atoms with Gasteiger partial charge < -0.3 is 4.98 Å². The third-order valence-electron chi connectivity index (χ3n) is 3.35. The minimum atomic E-state index is -3.50. The zero-order valence-electron chi connectivity index (χ0n) is 10.2. The highest BCUT2D eigenvalue weighted by Gasteiger charge is 2.18. The molecule has 18 heavy (non-hydrogen) atoms. The smallest absolute Gasteiger partial charge is 0.247 e. The first-order valence-corrected chi connectivity index (χ1v) is 7.75. The van der Waals surface area contributed by atoms with Gasteiger partial charge in [0.15, 0.2) is 0 Å². The predicted octanol–water partition coefficient (Wildman–Crippen LogP) is 1.23. The molecule has 1 fully saturated rings. The standard InChI is InChI=1S/C12H18N2O3S/c15-12-7-6-11(9-13-12)18(16,17)14-8-10-4-2-1-3-5-10/h6-7,9-10,14H,1-5,8H2,(H,13,15). The van der Waals surface area contributed by atoms with Gasteiger partial charge in [0, 0.05) is 18.8 Å². The van der Waals surface area contributed by atoms with Crippen molar-refractivity contribution in [3.05, 3.63) is 28.7 Å². The molecule has 1 saturated carbocycles. The van der Waals surface area contributed by atoms with E-state index in [4.69, 9.17) is 0 Å². The highest BCUT2D eigenvalue weighted by atomic mass is 32.2. The fourth-order valence-electron chi connectivity index (χ4n) is 2.27. The average molecular weight is 270 g/mol. The van der Waals surface area contributed by atoms with Crippen molar-refractivity contribution < 1.29 is 8.42 Å². The summed E-state index contributed by atoms with van der Waals surface area (Å²) in [7, 11) is -3.50. The summed E-state index contributed by atoms with van der Waals surface area (Å²) in [6.45, 7) is 0.488. The molecule has 1 aliphatic rings. The van der Waals surface area contributed by atoms with Crippen LogP contribution in [0.1, 0.15) is 32.1 Å². The first-order chi connectivity index (χ1) is 8.58. The molecule has 2 rings (SSSR count).